The van der Waals surface area contributed by atoms with Crippen molar-refractivity contribution in [1.29, 1.82) is 0 Å². The van der Waals surface area contributed by atoms with Gasteiger partial charge in [0.2, 0.25) is 0 Å². The SMILES string of the molecule is COC(=O)C1CC1(NC(=O)OC(C)(C)C)c1ccc([N+](=O)[O-])cc1. The smallest absolute Gasteiger partial charge is 0.408 e. The third-order valence-corrected chi connectivity index (χ3v) is 3.76. The number of ether oxygens (including phenoxy) is 2. The summed E-state index contributed by atoms with van der Waals surface area (Å²) in [4.78, 5) is 34.3. The van der Waals surface area contributed by atoms with Gasteiger partial charge in [-0.15, -0.1) is 0 Å². The van der Waals surface area contributed by atoms with Gasteiger partial charge in [0.1, 0.15) is 5.60 Å². The zero-order valence-electron chi connectivity index (χ0n) is 14.0. The highest BCUT2D eigenvalue weighted by molar-refractivity contribution is 5.81. The van der Waals surface area contributed by atoms with Crippen LogP contribution >= 0.6 is 0 Å². The maximum absolute atomic E-state index is 12.1. The summed E-state index contributed by atoms with van der Waals surface area (Å²) >= 11 is 0. The Labute approximate surface area is 139 Å². The van der Waals surface area contributed by atoms with Crippen LogP contribution in [0.1, 0.15) is 32.8 Å². The van der Waals surface area contributed by atoms with Gasteiger partial charge in [0, 0.05) is 12.1 Å². The Morgan fingerprint density at radius 1 is 1.29 bits per heavy atom. The summed E-state index contributed by atoms with van der Waals surface area (Å²) < 4.78 is 10.0. The van der Waals surface area contributed by atoms with E-state index in [1.807, 2.05) is 0 Å². The van der Waals surface area contributed by atoms with Crippen LogP contribution in [0.2, 0.25) is 0 Å². The topological polar surface area (TPSA) is 108 Å². The van der Waals surface area contributed by atoms with Crippen LogP contribution in [0.5, 0.6) is 0 Å². The summed E-state index contributed by atoms with van der Waals surface area (Å²) in [5, 5.41) is 13.5. The molecule has 1 amide bonds. The van der Waals surface area contributed by atoms with Crippen LogP contribution < -0.4 is 5.32 Å². The van der Waals surface area contributed by atoms with E-state index in [-0.39, 0.29) is 5.69 Å². The molecule has 0 aromatic heterocycles. The molecule has 0 aliphatic heterocycles. The highest BCUT2D eigenvalue weighted by Crippen LogP contribution is 2.53. The zero-order chi connectivity index (χ0) is 18.1. The summed E-state index contributed by atoms with van der Waals surface area (Å²) in [6, 6.07) is 5.72. The lowest BCUT2D eigenvalue weighted by Gasteiger charge is -2.24. The number of nitrogens with one attached hydrogen (secondary N) is 1. The third-order valence-electron chi connectivity index (χ3n) is 3.76. The second-order valence-corrected chi connectivity index (χ2v) is 6.68. The fourth-order valence-electron chi connectivity index (χ4n) is 2.59. The monoisotopic (exact) mass is 336 g/mol. The van der Waals surface area contributed by atoms with Crippen molar-refractivity contribution >= 4 is 17.7 Å². The van der Waals surface area contributed by atoms with Gasteiger partial charge in [-0.2, -0.15) is 0 Å². The van der Waals surface area contributed by atoms with E-state index >= 15 is 0 Å². The first-order chi connectivity index (χ1) is 11.1. The van der Waals surface area contributed by atoms with Gasteiger partial charge in [-0.1, -0.05) is 0 Å². The number of alkyl carbamates (subject to hydrolysis) is 1. The molecule has 0 heterocycles. The van der Waals surface area contributed by atoms with Crippen LogP contribution in [0.3, 0.4) is 0 Å². The van der Waals surface area contributed by atoms with Crippen molar-refractivity contribution in [3.63, 3.8) is 0 Å². The fraction of sp³-hybridized carbons (Fsp3) is 0.500. The average molecular weight is 336 g/mol. The van der Waals surface area contributed by atoms with Crippen molar-refractivity contribution in [3.05, 3.63) is 39.9 Å². The molecule has 8 heteroatoms. The number of non-ortho nitro benzene ring substituents is 1. The number of hydrogen-bond acceptors (Lipinski definition) is 6. The number of rotatable bonds is 4. The summed E-state index contributed by atoms with van der Waals surface area (Å²) in [5.74, 6) is -1.01. The molecule has 0 bridgehead atoms. The molecule has 1 aromatic carbocycles. The van der Waals surface area contributed by atoms with Crippen molar-refractivity contribution < 1.29 is 24.0 Å². The Morgan fingerprint density at radius 2 is 1.88 bits per heavy atom. The van der Waals surface area contributed by atoms with E-state index in [0.717, 1.165) is 0 Å². The van der Waals surface area contributed by atoms with Crippen LogP contribution in [-0.4, -0.2) is 29.7 Å². The average Bonchev–Trinajstić information content (AvgIpc) is 3.19. The van der Waals surface area contributed by atoms with Crippen LogP contribution in [-0.2, 0) is 19.8 Å². The molecular weight excluding hydrogens is 316 g/mol. The quantitative estimate of drug-likeness (QED) is 0.514. The lowest BCUT2D eigenvalue weighted by molar-refractivity contribution is -0.384. The van der Waals surface area contributed by atoms with E-state index in [1.54, 1.807) is 20.8 Å². The second kappa shape index (κ2) is 6.10. The number of benzene rings is 1. The summed E-state index contributed by atoms with van der Waals surface area (Å²) in [5.41, 5.74) is -1.13. The number of esters is 1. The van der Waals surface area contributed by atoms with E-state index in [1.165, 1.54) is 31.4 Å². The van der Waals surface area contributed by atoms with Crippen molar-refractivity contribution in [1.82, 2.24) is 5.32 Å². The highest BCUT2D eigenvalue weighted by Gasteiger charge is 2.61. The molecule has 1 aliphatic rings. The summed E-state index contributed by atoms with van der Waals surface area (Å²) in [6.07, 6.45) is -0.316. The normalized spacial score (nSPS) is 22.4. The molecule has 0 spiro atoms. The molecule has 1 N–H and O–H groups in total. The van der Waals surface area contributed by atoms with Crippen LogP contribution in [0.25, 0.3) is 0 Å². The number of carbonyl (C=O) groups is 2. The molecule has 130 valence electrons. The molecular formula is C16H20N2O6. The lowest BCUT2D eigenvalue weighted by atomic mass is 10.0. The molecule has 24 heavy (non-hydrogen) atoms. The Bertz CT molecular complexity index is 664. The molecule has 8 nitrogen and oxygen atoms in total. The maximum atomic E-state index is 12.1. The molecule has 1 aliphatic carbocycles. The summed E-state index contributed by atoms with van der Waals surface area (Å²) in [7, 11) is 1.27. The van der Waals surface area contributed by atoms with E-state index in [9.17, 15) is 19.7 Å². The second-order valence-electron chi connectivity index (χ2n) is 6.68. The van der Waals surface area contributed by atoms with Gasteiger partial charge >= 0.3 is 12.1 Å². The van der Waals surface area contributed by atoms with Gasteiger partial charge in [-0.25, -0.2) is 4.79 Å². The van der Waals surface area contributed by atoms with Crippen LogP contribution in [0, 0.1) is 16.0 Å². The Balaban J connectivity index is 2.27. The van der Waals surface area contributed by atoms with E-state index < -0.39 is 34.0 Å². The number of nitrogens with zero attached hydrogens (tertiary/aromatic N) is 1. The minimum atomic E-state index is -0.968. The number of hydrogen-bond donors (Lipinski definition) is 1. The molecule has 0 radical (unpaired) electrons. The molecule has 2 unspecified atom stereocenters. The minimum absolute atomic E-state index is 0.0681. The third kappa shape index (κ3) is 3.64. The van der Waals surface area contributed by atoms with Crippen LogP contribution in [0.15, 0.2) is 24.3 Å². The standard InChI is InChI=1S/C16H20N2O6/c1-15(2,3)24-14(20)17-16(9-12(16)13(19)23-4)10-5-7-11(8-6-10)18(21)22/h5-8,12H,9H2,1-4H3,(H,17,20). The van der Waals surface area contributed by atoms with Gasteiger partial charge in [-0.3, -0.25) is 14.9 Å². The van der Waals surface area contributed by atoms with Gasteiger partial charge in [0.05, 0.1) is 23.5 Å². The largest absolute Gasteiger partial charge is 0.469 e. The zero-order valence-corrected chi connectivity index (χ0v) is 14.0. The molecule has 1 fully saturated rings. The molecule has 0 saturated heterocycles. The molecule has 2 atom stereocenters. The predicted octanol–water partition coefficient (Wildman–Crippen LogP) is 2.51. The first-order valence-corrected chi connectivity index (χ1v) is 7.43. The van der Waals surface area contributed by atoms with Gasteiger partial charge in [0.15, 0.2) is 0 Å². The fourth-order valence-corrected chi connectivity index (χ4v) is 2.59. The van der Waals surface area contributed by atoms with Crippen molar-refractivity contribution in [2.24, 2.45) is 5.92 Å². The van der Waals surface area contributed by atoms with Crippen LogP contribution in [0.4, 0.5) is 10.5 Å². The highest BCUT2D eigenvalue weighted by atomic mass is 16.6. The molecule has 1 saturated carbocycles. The summed E-state index contributed by atoms with van der Waals surface area (Å²) in [6.45, 7) is 5.20. The lowest BCUT2D eigenvalue weighted by Crippen LogP contribution is -2.41. The van der Waals surface area contributed by atoms with Crippen molar-refractivity contribution in [2.45, 2.75) is 38.3 Å². The Morgan fingerprint density at radius 3 is 2.33 bits per heavy atom. The Kier molecular flexibility index (Phi) is 4.50. The number of carbonyl (C=O) groups excluding carboxylic acids is 2. The number of methoxy groups -OCH3 is 1. The predicted molar refractivity (Wildman–Crippen MR) is 84.3 cm³/mol. The number of amides is 1. The number of nitro benzene ring substituents is 1. The van der Waals surface area contributed by atoms with Crippen molar-refractivity contribution in [2.75, 3.05) is 7.11 Å². The van der Waals surface area contributed by atoms with E-state index in [2.05, 4.69) is 5.32 Å². The first-order valence-electron chi connectivity index (χ1n) is 7.43. The van der Waals surface area contributed by atoms with Gasteiger partial charge < -0.3 is 14.8 Å². The number of nitro groups is 1. The van der Waals surface area contributed by atoms with E-state index in [4.69, 9.17) is 9.47 Å². The Hall–Kier alpha value is -2.64. The van der Waals surface area contributed by atoms with Crippen molar-refractivity contribution in [3.8, 4) is 0 Å². The van der Waals surface area contributed by atoms with Gasteiger partial charge in [0.25, 0.3) is 5.69 Å². The van der Waals surface area contributed by atoms with E-state index in [0.29, 0.717) is 12.0 Å². The molecule has 1 aromatic rings. The first kappa shape index (κ1) is 17.7. The van der Waals surface area contributed by atoms with Gasteiger partial charge in [-0.05, 0) is 44.9 Å². The maximum Gasteiger partial charge on any atom is 0.408 e. The molecule has 2 rings (SSSR count). The minimum Gasteiger partial charge on any atom is -0.469 e.